The Morgan fingerprint density at radius 2 is 1.96 bits per heavy atom. The van der Waals surface area contributed by atoms with Crippen molar-refractivity contribution in [1.29, 1.82) is 0 Å². The predicted molar refractivity (Wildman–Crippen MR) is 102 cm³/mol. The molecular weight excluding hydrogens is 380 g/mol. The lowest BCUT2D eigenvalue weighted by molar-refractivity contribution is 0.191. The van der Waals surface area contributed by atoms with Gasteiger partial charge < -0.3 is 19.9 Å². The molecule has 0 aromatic heterocycles. The Morgan fingerprint density at radius 1 is 1.19 bits per heavy atom. The summed E-state index contributed by atoms with van der Waals surface area (Å²) >= 11 is 12.4. The number of halogens is 3. The van der Waals surface area contributed by atoms with Crippen LogP contribution in [0.15, 0.2) is 30.3 Å². The Morgan fingerprint density at radius 3 is 2.62 bits per heavy atom. The van der Waals surface area contributed by atoms with Crippen LogP contribution >= 0.6 is 23.2 Å². The average molecular weight is 402 g/mol. The number of hydrogen-bond acceptors (Lipinski definition) is 4. The molecular formula is C19H22Cl2FNO3. The molecule has 0 unspecified atom stereocenters. The van der Waals surface area contributed by atoms with Crippen molar-refractivity contribution in [3.05, 3.63) is 57.3 Å². The average Bonchev–Trinajstić information content (AvgIpc) is 2.56. The summed E-state index contributed by atoms with van der Waals surface area (Å²) in [5.41, 5.74) is 1.14. The van der Waals surface area contributed by atoms with E-state index in [0.29, 0.717) is 36.2 Å². The SMILES string of the molecule is CCOc1cc(CNC[C@@H](C)O)cc(Cl)c1OCc1c(F)cccc1Cl. The van der Waals surface area contributed by atoms with Gasteiger partial charge in [0.05, 0.1) is 22.8 Å². The highest BCUT2D eigenvalue weighted by Gasteiger charge is 2.15. The number of ether oxygens (including phenoxy) is 2. The van der Waals surface area contributed by atoms with E-state index < -0.39 is 11.9 Å². The van der Waals surface area contributed by atoms with Crippen molar-refractivity contribution in [3.8, 4) is 11.5 Å². The van der Waals surface area contributed by atoms with Crippen LogP contribution in [0.3, 0.4) is 0 Å². The summed E-state index contributed by atoms with van der Waals surface area (Å²) < 4.78 is 25.3. The molecule has 142 valence electrons. The molecule has 2 aromatic carbocycles. The zero-order valence-corrected chi connectivity index (χ0v) is 16.2. The highest BCUT2D eigenvalue weighted by Crippen LogP contribution is 2.37. The Kier molecular flexibility index (Phi) is 7.97. The molecule has 0 bridgehead atoms. The largest absolute Gasteiger partial charge is 0.490 e. The molecule has 0 heterocycles. The standard InChI is InChI=1S/C19H22Cl2FNO3/c1-3-25-18-8-13(10-23-9-12(2)24)7-16(21)19(18)26-11-14-15(20)5-4-6-17(14)22/h4-8,12,23-24H,3,9-11H2,1-2H3/t12-/m1/s1. The first-order valence-electron chi connectivity index (χ1n) is 8.32. The Bertz CT molecular complexity index is 721. The minimum absolute atomic E-state index is 0.0646. The van der Waals surface area contributed by atoms with Gasteiger partial charge in [-0.3, -0.25) is 0 Å². The lowest BCUT2D eigenvalue weighted by Crippen LogP contribution is -2.23. The van der Waals surface area contributed by atoms with E-state index in [-0.39, 0.29) is 17.2 Å². The van der Waals surface area contributed by atoms with Crippen LogP contribution in [0.4, 0.5) is 4.39 Å². The van der Waals surface area contributed by atoms with Crippen LogP contribution in [0.5, 0.6) is 11.5 Å². The number of nitrogens with one attached hydrogen (secondary N) is 1. The van der Waals surface area contributed by atoms with Crippen LogP contribution in [0.1, 0.15) is 25.0 Å². The van der Waals surface area contributed by atoms with Gasteiger partial charge in [0.2, 0.25) is 0 Å². The van der Waals surface area contributed by atoms with Gasteiger partial charge in [-0.2, -0.15) is 0 Å². The molecule has 0 saturated heterocycles. The Balaban J connectivity index is 2.18. The maximum Gasteiger partial charge on any atom is 0.180 e. The van der Waals surface area contributed by atoms with Crippen molar-refractivity contribution >= 4 is 23.2 Å². The molecule has 0 fully saturated rings. The fourth-order valence-electron chi connectivity index (χ4n) is 2.37. The molecule has 4 nitrogen and oxygen atoms in total. The number of benzene rings is 2. The first-order valence-corrected chi connectivity index (χ1v) is 9.07. The first kappa shape index (κ1) is 20.8. The molecule has 0 saturated carbocycles. The summed E-state index contributed by atoms with van der Waals surface area (Å²) in [4.78, 5) is 0. The van der Waals surface area contributed by atoms with Crippen molar-refractivity contribution in [2.24, 2.45) is 0 Å². The van der Waals surface area contributed by atoms with Gasteiger partial charge in [-0.05, 0) is 43.7 Å². The van der Waals surface area contributed by atoms with Gasteiger partial charge in [0.1, 0.15) is 12.4 Å². The minimum Gasteiger partial charge on any atom is -0.490 e. The summed E-state index contributed by atoms with van der Waals surface area (Å²) in [5, 5.41) is 13.1. The fourth-order valence-corrected chi connectivity index (χ4v) is 2.87. The van der Waals surface area contributed by atoms with E-state index in [0.717, 1.165) is 5.56 Å². The van der Waals surface area contributed by atoms with Crippen LogP contribution in [-0.2, 0) is 13.2 Å². The van der Waals surface area contributed by atoms with Crippen molar-refractivity contribution in [2.75, 3.05) is 13.2 Å². The maximum absolute atomic E-state index is 13.9. The predicted octanol–water partition coefficient (Wildman–Crippen LogP) is 4.58. The number of aliphatic hydroxyl groups is 1. The molecule has 2 rings (SSSR count). The smallest absolute Gasteiger partial charge is 0.180 e. The summed E-state index contributed by atoms with van der Waals surface area (Å²) in [5.74, 6) is 0.374. The third-order valence-corrected chi connectivity index (χ3v) is 4.20. The molecule has 0 aliphatic rings. The Labute approximate surface area is 162 Å². The molecule has 2 aromatic rings. The lowest BCUT2D eigenvalue weighted by atomic mass is 10.2. The van der Waals surface area contributed by atoms with Gasteiger partial charge in [0.25, 0.3) is 0 Å². The van der Waals surface area contributed by atoms with E-state index in [1.54, 1.807) is 19.1 Å². The molecule has 7 heteroatoms. The van der Waals surface area contributed by atoms with Crippen LogP contribution in [0.25, 0.3) is 0 Å². The van der Waals surface area contributed by atoms with Crippen LogP contribution in [0.2, 0.25) is 10.0 Å². The summed E-state index contributed by atoms with van der Waals surface area (Å²) in [6.45, 7) is 4.90. The van der Waals surface area contributed by atoms with Gasteiger partial charge in [0.15, 0.2) is 11.5 Å². The fraction of sp³-hybridized carbons (Fsp3) is 0.368. The van der Waals surface area contributed by atoms with E-state index in [4.69, 9.17) is 32.7 Å². The zero-order valence-electron chi connectivity index (χ0n) is 14.7. The molecule has 2 N–H and O–H groups in total. The summed E-state index contributed by atoms with van der Waals surface area (Å²) in [6.07, 6.45) is -0.440. The molecule has 0 aliphatic heterocycles. The van der Waals surface area contributed by atoms with Crippen molar-refractivity contribution in [1.82, 2.24) is 5.32 Å². The molecule has 0 amide bonds. The van der Waals surface area contributed by atoms with E-state index >= 15 is 0 Å². The van der Waals surface area contributed by atoms with Gasteiger partial charge in [0, 0.05) is 18.7 Å². The normalized spacial score (nSPS) is 12.1. The minimum atomic E-state index is -0.440. The van der Waals surface area contributed by atoms with Gasteiger partial charge in [-0.25, -0.2) is 4.39 Å². The first-order chi connectivity index (χ1) is 12.4. The third-order valence-electron chi connectivity index (χ3n) is 3.56. The van der Waals surface area contributed by atoms with E-state index in [9.17, 15) is 9.50 Å². The van der Waals surface area contributed by atoms with Gasteiger partial charge in [-0.15, -0.1) is 0 Å². The Hall–Kier alpha value is -1.53. The quantitative estimate of drug-likeness (QED) is 0.645. The second kappa shape index (κ2) is 9.97. The van der Waals surface area contributed by atoms with E-state index in [2.05, 4.69) is 5.32 Å². The van der Waals surface area contributed by atoms with E-state index in [1.165, 1.54) is 12.1 Å². The summed E-state index contributed by atoms with van der Waals surface area (Å²) in [7, 11) is 0. The molecule has 0 radical (unpaired) electrons. The van der Waals surface area contributed by atoms with Crippen molar-refractivity contribution in [3.63, 3.8) is 0 Å². The van der Waals surface area contributed by atoms with Gasteiger partial charge >= 0.3 is 0 Å². The monoisotopic (exact) mass is 401 g/mol. The van der Waals surface area contributed by atoms with Gasteiger partial charge in [-0.1, -0.05) is 29.3 Å². The number of aliphatic hydroxyl groups excluding tert-OH is 1. The zero-order chi connectivity index (χ0) is 19.1. The van der Waals surface area contributed by atoms with Crippen molar-refractivity contribution < 1.29 is 19.0 Å². The highest BCUT2D eigenvalue weighted by molar-refractivity contribution is 6.32. The summed E-state index contributed by atoms with van der Waals surface area (Å²) in [6, 6.07) is 8.02. The number of hydrogen-bond donors (Lipinski definition) is 2. The maximum atomic E-state index is 13.9. The highest BCUT2D eigenvalue weighted by atomic mass is 35.5. The van der Waals surface area contributed by atoms with Crippen LogP contribution in [-0.4, -0.2) is 24.4 Å². The second-order valence-corrected chi connectivity index (χ2v) is 6.62. The topological polar surface area (TPSA) is 50.7 Å². The van der Waals surface area contributed by atoms with E-state index in [1.807, 2.05) is 13.0 Å². The second-order valence-electron chi connectivity index (χ2n) is 5.81. The van der Waals surface area contributed by atoms with Crippen LogP contribution in [0, 0.1) is 5.82 Å². The molecule has 0 spiro atoms. The third kappa shape index (κ3) is 5.74. The molecule has 1 atom stereocenters. The molecule has 0 aliphatic carbocycles. The number of rotatable bonds is 9. The molecule has 26 heavy (non-hydrogen) atoms. The van der Waals surface area contributed by atoms with Crippen molar-refractivity contribution in [2.45, 2.75) is 33.1 Å². The van der Waals surface area contributed by atoms with Crippen LogP contribution < -0.4 is 14.8 Å². The lowest BCUT2D eigenvalue weighted by Gasteiger charge is -2.16.